The average molecular weight is 273 g/mol. The number of anilines is 1. The van der Waals surface area contributed by atoms with E-state index in [1.54, 1.807) is 0 Å². The Hall–Kier alpha value is -2.30. The Labute approximate surface area is 118 Å². The number of ether oxygens (including phenoxy) is 1. The number of hydrogen-bond acceptors (Lipinski definition) is 4. The van der Waals surface area contributed by atoms with Crippen LogP contribution >= 0.6 is 0 Å². The number of carbonyl (C=O) groups excluding carboxylic acids is 1. The lowest BCUT2D eigenvalue weighted by Gasteiger charge is -2.15. The van der Waals surface area contributed by atoms with E-state index in [4.69, 9.17) is 5.73 Å². The van der Waals surface area contributed by atoms with Gasteiger partial charge in [0.1, 0.15) is 11.6 Å². The van der Waals surface area contributed by atoms with Crippen molar-refractivity contribution in [2.75, 3.05) is 12.8 Å². The minimum atomic E-state index is -0.503. The molecule has 0 amide bonds. The van der Waals surface area contributed by atoms with Gasteiger partial charge < -0.3 is 15.0 Å². The number of benzene rings is 1. The summed E-state index contributed by atoms with van der Waals surface area (Å²) in [6.07, 6.45) is 0. The van der Waals surface area contributed by atoms with Gasteiger partial charge >= 0.3 is 5.97 Å². The second kappa shape index (κ2) is 5.77. The molecule has 5 nitrogen and oxygen atoms in total. The van der Waals surface area contributed by atoms with Crippen molar-refractivity contribution in [2.24, 2.45) is 0 Å². The first-order valence-electron chi connectivity index (χ1n) is 6.50. The van der Waals surface area contributed by atoms with Gasteiger partial charge in [-0.1, -0.05) is 37.3 Å². The molecule has 0 saturated carbocycles. The number of imidazole rings is 1. The summed E-state index contributed by atoms with van der Waals surface area (Å²) in [6.45, 7) is 4.62. The standard InChI is InChI=1S/C15H19N3O2/c1-10(12-7-5-4-6-8-12)9-18-11(2)17-13(14(18)16)15(19)20-3/h4-8,10H,9,16H2,1-3H3. The van der Waals surface area contributed by atoms with Gasteiger partial charge in [0.2, 0.25) is 0 Å². The minimum Gasteiger partial charge on any atom is -0.464 e. The number of nitrogens with two attached hydrogens (primary N) is 1. The van der Waals surface area contributed by atoms with E-state index < -0.39 is 5.97 Å². The smallest absolute Gasteiger partial charge is 0.360 e. The second-order valence-electron chi connectivity index (χ2n) is 4.81. The van der Waals surface area contributed by atoms with Crippen LogP contribution in [0.5, 0.6) is 0 Å². The van der Waals surface area contributed by atoms with Gasteiger partial charge in [-0.3, -0.25) is 0 Å². The van der Waals surface area contributed by atoms with Crippen LogP contribution in [0.4, 0.5) is 5.82 Å². The Morgan fingerprint density at radius 2 is 2.05 bits per heavy atom. The predicted molar refractivity (Wildman–Crippen MR) is 77.6 cm³/mol. The summed E-state index contributed by atoms with van der Waals surface area (Å²) in [7, 11) is 1.32. The molecule has 1 aromatic carbocycles. The van der Waals surface area contributed by atoms with E-state index >= 15 is 0 Å². The fourth-order valence-corrected chi connectivity index (χ4v) is 2.22. The first kappa shape index (κ1) is 14.1. The molecule has 1 atom stereocenters. The van der Waals surface area contributed by atoms with E-state index in [9.17, 15) is 4.79 Å². The summed E-state index contributed by atoms with van der Waals surface area (Å²) in [4.78, 5) is 15.8. The van der Waals surface area contributed by atoms with Crippen LogP contribution in [0.1, 0.15) is 34.7 Å². The lowest BCUT2D eigenvalue weighted by atomic mass is 10.0. The number of carbonyl (C=O) groups is 1. The Morgan fingerprint density at radius 3 is 2.65 bits per heavy atom. The summed E-state index contributed by atoms with van der Waals surface area (Å²) in [5.74, 6) is 0.844. The molecule has 0 bridgehead atoms. The highest BCUT2D eigenvalue weighted by atomic mass is 16.5. The molecule has 2 aromatic rings. The SMILES string of the molecule is COC(=O)c1nc(C)n(CC(C)c2ccccc2)c1N. The summed E-state index contributed by atoms with van der Waals surface area (Å²) in [5.41, 5.74) is 7.41. The second-order valence-corrected chi connectivity index (χ2v) is 4.81. The van der Waals surface area contributed by atoms with Gasteiger partial charge in [-0.25, -0.2) is 9.78 Å². The number of hydrogen-bond donors (Lipinski definition) is 1. The van der Waals surface area contributed by atoms with E-state index in [1.165, 1.54) is 12.7 Å². The van der Waals surface area contributed by atoms with Crippen LogP contribution < -0.4 is 5.73 Å². The predicted octanol–water partition coefficient (Wildman–Crippen LogP) is 2.36. The van der Waals surface area contributed by atoms with Crippen molar-refractivity contribution in [3.63, 3.8) is 0 Å². The topological polar surface area (TPSA) is 70.1 Å². The zero-order valence-corrected chi connectivity index (χ0v) is 12.0. The summed E-state index contributed by atoms with van der Waals surface area (Å²) in [5, 5.41) is 0. The highest BCUT2D eigenvalue weighted by Crippen LogP contribution is 2.22. The van der Waals surface area contributed by atoms with Crippen LogP contribution in [0.25, 0.3) is 0 Å². The van der Waals surface area contributed by atoms with Crippen molar-refractivity contribution in [2.45, 2.75) is 26.3 Å². The Morgan fingerprint density at radius 1 is 1.40 bits per heavy atom. The maximum atomic E-state index is 11.6. The molecule has 5 heteroatoms. The van der Waals surface area contributed by atoms with Gasteiger partial charge in [-0.05, 0) is 18.4 Å². The molecule has 2 N–H and O–H groups in total. The molecule has 106 valence electrons. The molecule has 0 fully saturated rings. The van der Waals surface area contributed by atoms with Crippen LogP contribution in [0.15, 0.2) is 30.3 Å². The Bertz CT molecular complexity index is 605. The fraction of sp³-hybridized carbons (Fsp3) is 0.333. The number of esters is 1. The molecule has 0 saturated heterocycles. The third-order valence-electron chi connectivity index (χ3n) is 3.40. The number of methoxy groups -OCH3 is 1. The van der Waals surface area contributed by atoms with Gasteiger partial charge in [-0.2, -0.15) is 0 Å². The van der Waals surface area contributed by atoms with Crippen LogP contribution in [-0.4, -0.2) is 22.6 Å². The van der Waals surface area contributed by atoms with E-state index in [0.717, 1.165) is 0 Å². The van der Waals surface area contributed by atoms with Crippen molar-refractivity contribution in [3.8, 4) is 0 Å². The van der Waals surface area contributed by atoms with Gasteiger partial charge in [-0.15, -0.1) is 0 Å². The molecule has 20 heavy (non-hydrogen) atoms. The van der Waals surface area contributed by atoms with Gasteiger partial charge in [0, 0.05) is 6.54 Å². The lowest BCUT2D eigenvalue weighted by molar-refractivity contribution is 0.0595. The summed E-state index contributed by atoms with van der Waals surface area (Å²) >= 11 is 0. The molecule has 0 aliphatic heterocycles. The van der Waals surface area contributed by atoms with Gasteiger partial charge in [0.25, 0.3) is 0 Å². The summed E-state index contributed by atoms with van der Waals surface area (Å²) in [6, 6.07) is 10.2. The number of nitrogen functional groups attached to an aromatic ring is 1. The highest BCUT2D eigenvalue weighted by Gasteiger charge is 2.20. The third-order valence-corrected chi connectivity index (χ3v) is 3.40. The molecule has 0 radical (unpaired) electrons. The number of aromatic nitrogens is 2. The van der Waals surface area contributed by atoms with Crippen molar-refractivity contribution in [3.05, 3.63) is 47.4 Å². The average Bonchev–Trinajstić information content (AvgIpc) is 2.75. The van der Waals surface area contributed by atoms with E-state index in [0.29, 0.717) is 18.2 Å². The zero-order valence-electron chi connectivity index (χ0n) is 12.0. The van der Waals surface area contributed by atoms with Crippen LogP contribution in [0.2, 0.25) is 0 Å². The molecule has 0 aliphatic carbocycles. The largest absolute Gasteiger partial charge is 0.464 e. The lowest BCUT2D eigenvalue weighted by Crippen LogP contribution is -2.12. The van der Waals surface area contributed by atoms with Crippen LogP contribution in [-0.2, 0) is 11.3 Å². The Balaban J connectivity index is 2.26. The van der Waals surface area contributed by atoms with Crippen LogP contribution in [0, 0.1) is 6.92 Å². The number of rotatable bonds is 4. The molecular formula is C15H19N3O2. The Kier molecular flexibility index (Phi) is 4.08. The fourth-order valence-electron chi connectivity index (χ4n) is 2.22. The number of nitrogens with zero attached hydrogens (tertiary/aromatic N) is 2. The molecule has 0 aliphatic rings. The minimum absolute atomic E-state index is 0.185. The summed E-state index contributed by atoms with van der Waals surface area (Å²) < 4.78 is 6.53. The van der Waals surface area contributed by atoms with Crippen molar-refractivity contribution in [1.29, 1.82) is 0 Å². The quantitative estimate of drug-likeness (QED) is 0.868. The van der Waals surface area contributed by atoms with E-state index in [-0.39, 0.29) is 11.6 Å². The molecule has 1 unspecified atom stereocenters. The van der Waals surface area contributed by atoms with Crippen molar-refractivity contribution in [1.82, 2.24) is 9.55 Å². The molecule has 1 aromatic heterocycles. The maximum absolute atomic E-state index is 11.6. The van der Waals surface area contributed by atoms with Crippen molar-refractivity contribution < 1.29 is 9.53 Å². The maximum Gasteiger partial charge on any atom is 0.360 e. The zero-order chi connectivity index (χ0) is 14.7. The first-order chi connectivity index (χ1) is 9.54. The number of aryl methyl sites for hydroxylation is 1. The first-order valence-corrected chi connectivity index (χ1v) is 6.50. The third kappa shape index (κ3) is 2.66. The molecule has 1 heterocycles. The van der Waals surface area contributed by atoms with Gasteiger partial charge in [0.15, 0.2) is 5.69 Å². The molecule has 0 spiro atoms. The van der Waals surface area contributed by atoms with Crippen LogP contribution in [0.3, 0.4) is 0 Å². The van der Waals surface area contributed by atoms with Crippen molar-refractivity contribution >= 4 is 11.8 Å². The molecular weight excluding hydrogens is 254 g/mol. The monoisotopic (exact) mass is 273 g/mol. The van der Waals surface area contributed by atoms with Gasteiger partial charge in [0.05, 0.1) is 7.11 Å². The van der Waals surface area contributed by atoms with E-state index in [2.05, 4.69) is 28.8 Å². The molecule has 2 rings (SSSR count). The normalized spacial score (nSPS) is 12.2. The highest BCUT2D eigenvalue weighted by molar-refractivity contribution is 5.92. The van der Waals surface area contributed by atoms with E-state index in [1.807, 2.05) is 29.7 Å².